The molecule has 0 aromatic rings. The normalized spacial score (nSPS) is 12.7. The van der Waals surface area contributed by atoms with E-state index in [2.05, 4.69) is 39.6 Å². The molecule has 0 aliphatic heterocycles. The van der Waals surface area contributed by atoms with Gasteiger partial charge in [-0.3, -0.25) is 4.90 Å². The average molecular weight is 244 g/mol. The van der Waals surface area contributed by atoms with Crippen molar-refractivity contribution in [1.82, 2.24) is 4.90 Å². The lowest BCUT2D eigenvalue weighted by atomic mass is 9.91. The highest BCUT2D eigenvalue weighted by atomic mass is 16.5. The van der Waals surface area contributed by atoms with Crippen molar-refractivity contribution in [1.29, 1.82) is 0 Å². The highest BCUT2D eigenvalue weighted by Gasteiger charge is 2.28. The van der Waals surface area contributed by atoms with Crippen molar-refractivity contribution in [2.24, 2.45) is 11.7 Å². The van der Waals surface area contributed by atoms with Crippen LogP contribution < -0.4 is 5.73 Å². The van der Waals surface area contributed by atoms with Gasteiger partial charge < -0.3 is 10.5 Å². The van der Waals surface area contributed by atoms with Crippen LogP contribution in [0, 0.1) is 5.92 Å². The number of hydrogen-bond donors (Lipinski definition) is 1. The molecule has 0 aliphatic carbocycles. The standard InChI is InChI=1S/C14H32N2O/c1-6-14(7-2,12-15)16(5)9-11-17-10-8-13(3)4/h13H,6-12,15H2,1-5H3. The maximum absolute atomic E-state index is 5.92. The SMILES string of the molecule is CCC(CC)(CN)N(C)CCOCCC(C)C. The van der Waals surface area contributed by atoms with E-state index in [4.69, 9.17) is 10.5 Å². The Kier molecular flexibility index (Phi) is 8.83. The Bertz CT molecular complexity index is 171. The van der Waals surface area contributed by atoms with E-state index in [-0.39, 0.29) is 5.54 Å². The predicted molar refractivity (Wildman–Crippen MR) is 75.3 cm³/mol. The minimum absolute atomic E-state index is 0.154. The summed E-state index contributed by atoms with van der Waals surface area (Å²) in [4.78, 5) is 2.36. The van der Waals surface area contributed by atoms with Crippen molar-refractivity contribution in [3.63, 3.8) is 0 Å². The van der Waals surface area contributed by atoms with Crippen molar-refractivity contribution in [2.75, 3.05) is 33.4 Å². The van der Waals surface area contributed by atoms with E-state index in [1.807, 2.05) is 0 Å². The van der Waals surface area contributed by atoms with Crippen LogP contribution >= 0.6 is 0 Å². The van der Waals surface area contributed by atoms with Gasteiger partial charge in [0.15, 0.2) is 0 Å². The van der Waals surface area contributed by atoms with Crippen LogP contribution in [-0.4, -0.2) is 43.8 Å². The van der Waals surface area contributed by atoms with Crippen LogP contribution in [0.3, 0.4) is 0 Å². The molecule has 0 radical (unpaired) electrons. The maximum atomic E-state index is 5.92. The Hall–Kier alpha value is -0.120. The summed E-state index contributed by atoms with van der Waals surface area (Å²) >= 11 is 0. The highest BCUT2D eigenvalue weighted by molar-refractivity contribution is 4.87. The molecule has 0 saturated carbocycles. The molecule has 2 N–H and O–H groups in total. The molecular formula is C14H32N2O. The first-order valence-corrected chi connectivity index (χ1v) is 7.01. The topological polar surface area (TPSA) is 38.5 Å². The highest BCUT2D eigenvalue weighted by Crippen LogP contribution is 2.20. The van der Waals surface area contributed by atoms with Gasteiger partial charge in [0.25, 0.3) is 0 Å². The zero-order valence-corrected chi connectivity index (χ0v) is 12.5. The van der Waals surface area contributed by atoms with Crippen LogP contribution in [0.1, 0.15) is 47.0 Å². The van der Waals surface area contributed by atoms with Gasteiger partial charge in [-0.15, -0.1) is 0 Å². The van der Waals surface area contributed by atoms with Gasteiger partial charge in [-0.25, -0.2) is 0 Å². The number of rotatable bonds is 10. The molecule has 0 aromatic heterocycles. The quantitative estimate of drug-likeness (QED) is 0.600. The van der Waals surface area contributed by atoms with Gasteiger partial charge in [0, 0.05) is 25.2 Å². The Morgan fingerprint density at radius 1 is 1.18 bits per heavy atom. The number of ether oxygens (including phenoxy) is 1. The van der Waals surface area contributed by atoms with E-state index in [0.717, 1.165) is 51.5 Å². The molecule has 0 fully saturated rings. The first kappa shape index (κ1) is 16.9. The summed E-state index contributed by atoms with van der Waals surface area (Å²) in [7, 11) is 2.16. The van der Waals surface area contributed by atoms with E-state index in [1.54, 1.807) is 0 Å². The second kappa shape index (κ2) is 8.90. The second-order valence-electron chi connectivity index (χ2n) is 5.35. The molecule has 0 unspecified atom stereocenters. The predicted octanol–water partition coefficient (Wildman–Crippen LogP) is 2.50. The molecular weight excluding hydrogens is 212 g/mol. The van der Waals surface area contributed by atoms with Crippen LogP contribution in [0.5, 0.6) is 0 Å². The molecule has 0 rings (SSSR count). The number of nitrogens with zero attached hydrogens (tertiary/aromatic N) is 1. The molecule has 3 nitrogen and oxygen atoms in total. The zero-order valence-electron chi connectivity index (χ0n) is 12.5. The summed E-state index contributed by atoms with van der Waals surface area (Å²) in [6, 6.07) is 0. The molecule has 0 aromatic carbocycles. The molecule has 0 aliphatic rings. The smallest absolute Gasteiger partial charge is 0.0593 e. The maximum Gasteiger partial charge on any atom is 0.0593 e. The summed E-state index contributed by atoms with van der Waals surface area (Å²) in [5, 5.41) is 0. The zero-order chi connectivity index (χ0) is 13.3. The van der Waals surface area contributed by atoms with Gasteiger partial charge in [0.2, 0.25) is 0 Å². The van der Waals surface area contributed by atoms with Crippen LogP contribution in [0.2, 0.25) is 0 Å². The number of nitrogens with two attached hydrogens (primary N) is 1. The lowest BCUT2D eigenvalue weighted by Crippen LogP contribution is -2.52. The molecule has 0 bridgehead atoms. The van der Waals surface area contributed by atoms with Gasteiger partial charge in [0.1, 0.15) is 0 Å². The minimum Gasteiger partial charge on any atom is -0.380 e. The van der Waals surface area contributed by atoms with Crippen molar-refractivity contribution in [3.05, 3.63) is 0 Å². The molecule has 17 heavy (non-hydrogen) atoms. The fourth-order valence-corrected chi connectivity index (χ4v) is 2.09. The molecule has 0 heterocycles. The largest absolute Gasteiger partial charge is 0.380 e. The van der Waals surface area contributed by atoms with Crippen molar-refractivity contribution in [3.8, 4) is 0 Å². The summed E-state index contributed by atoms with van der Waals surface area (Å²) in [5.74, 6) is 0.724. The van der Waals surface area contributed by atoms with Crippen molar-refractivity contribution < 1.29 is 4.74 Å². The summed E-state index contributed by atoms with van der Waals surface area (Å²) in [5.41, 5.74) is 6.07. The summed E-state index contributed by atoms with van der Waals surface area (Å²) in [6.45, 7) is 12.3. The van der Waals surface area contributed by atoms with Gasteiger partial charge in [-0.05, 0) is 32.2 Å². The van der Waals surface area contributed by atoms with E-state index >= 15 is 0 Å². The van der Waals surface area contributed by atoms with Gasteiger partial charge in [-0.2, -0.15) is 0 Å². The third-order valence-electron chi connectivity index (χ3n) is 3.92. The lowest BCUT2D eigenvalue weighted by molar-refractivity contribution is 0.0549. The van der Waals surface area contributed by atoms with Crippen molar-refractivity contribution >= 4 is 0 Å². The minimum atomic E-state index is 0.154. The fourth-order valence-electron chi connectivity index (χ4n) is 2.09. The van der Waals surface area contributed by atoms with Crippen molar-refractivity contribution in [2.45, 2.75) is 52.5 Å². The monoisotopic (exact) mass is 244 g/mol. The van der Waals surface area contributed by atoms with E-state index < -0.39 is 0 Å². The fraction of sp³-hybridized carbons (Fsp3) is 1.00. The molecule has 0 amide bonds. The first-order chi connectivity index (χ1) is 8.02. The third kappa shape index (κ3) is 5.84. The van der Waals surface area contributed by atoms with E-state index in [0.29, 0.717) is 0 Å². The average Bonchev–Trinajstić information content (AvgIpc) is 2.31. The molecule has 0 spiro atoms. The Morgan fingerprint density at radius 3 is 2.18 bits per heavy atom. The Labute approximate surface area is 108 Å². The number of likely N-dealkylation sites (N-methyl/N-ethyl adjacent to an activating group) is 1. The summed E-state index contributed by atoms with van der Waals surface area (Å²) < 4.78 is 5.66. The molecule has 0 saturated heterocycles. The lowest BCUT2D eigenvalue weighted by Gasteiger charge is -2.40. The third-order valence-corrected chi connectivity index (χ3v) is 3.92. The molecule has 3 heteroatoms. The molecule has 0 atom stereocenters. The van der Waals surface area contributed by atoms with Gasteiger partial charge >= 0.3 is 0 Å². The van der Waals surface area contributed by atoms with Gasteiger partial charge in [0.05, 0.1) is 6.61 Å². The molecule has 104 valence electrons. The Morgan fingerprint density at radius 2 is 1.76 bits per heavy atom. The Balaban J connectivity index is 3.87. The van der Waals surface area contributed by atoms with Crippen LogP contribution in [-0.2, 0) is 4.74 Å². The van der Waals surface area contributed by atoms with E-state index in [1.165, 1.54) is 0 Å². The van der Waals surface area contributed by atoms with E-state index in [9.17, 15) is 0 Å². The summed E-state index contributed by atoms with van der Waals surface area (Å²) in [6.07, 6.45) is 3.35. The second-order valence-corrected chi connectivity index (χ2v) is 5.35. The van der Waals surface area contributed by atoms with Crippen LogP contribution in [0.15, 0.2) is 0 Å². The van der Waals surface area contributed by atoms with Crippen LogP contribution in [0.4, 0.5) is 0 Å². The number of hydrogen-bond acceptors (Lipinski definition) is 3. The first-order valence-electron chi connectivity index (χ1n) is 7.01. The van der Waals surface area contributed by atoms with Crippen LogP contribution in [0.25, 0.3) is 0 Å². The van der Waals surface area contributed by atoms with Gasteiger partial charge in [-0.1, -0.05) is 27.7 Å².